The molecule has 0 spiro atoms. The van der Waals surface area contributed by atoms with E-state index in [-0.39, 0.29) is 5.97 Å². The van der Waals surface area contributed by atoms with Crippen LogP contribution in [-0.2, 0) is 14.3 Å². The molecule has 1 aliphatic carbocycles. The minimum absolute atomic E-state index is 0.106. The molecule has 0 radical (unpaired) electrons. The van der Waals surface area contributed by atoms with Crippen molar-refractivity contribution in [3.8, 4) is 0 Å². The number of rotatable bonds is 8. The highest BCUT2D eigenvalue weighted by molar-refractivity contribution is 5.82. The Morgan fingerprint density at radius 1 is 1.33 bits per heavy atom. The molecule has 2 atom stereocenters. The summed E-state index contributed by atoms with van der Waals surface area (Å²) in [7, 11) is 1.50. The predicted octanol–water partition coefficient (Wildman–Crippen LogP) is 1.42. The highest BCUT2D eigenvalue weighted by Gasteiger charge is 2.52. The average molecular weight is 298 g/mol. The predicted molar refractivity (Wildman–Crippen MR) is 82.2 cm³/mol. The number of nitrogens with one attached hydrogen (secondary N) is 1. The van der Waals surface area contributed by atoms with Crippen LogP contribution in [0.5, 0.6) is 0 Å². The van der Waals surface area contributed by atoms with Crippen LogP contribution >= 0.6 is 0 Å². The number of esters is 1. The van der Waals surface area contributed by atoms with Gasteiger partial charge in [0, 0.05) is 19.7 Å². The molecule has 2 aliphatic rings. The quantitative estimate of drug-likeness (QED) is 0.687. The van der Waals surface area contributed by atoms with Crippen LogP contribution in [0.3, 0.4) is 0 Å². The van der Waals surface area contributed by atoms with Crippen LogP contribution in [0, 0.1) is 5.92 Å². The van der Waals surface area contributed by atoms with Gasteiger partial charge in [0.15, 0.2) is 0 Å². The maximum absolute atomic E-state index is 12.4. The molecule has 2 unspecified atom stereocenters. The lowest BCUT2D eigenvalue weighted by atomic mass is 9.91. The Balaban J connectivity index is 2.05. The molecule has 0 bridgehead atoms. The van der Waals surface area contributed by atoms with E-state index in [1.165, 1.54) is 7.11 Å². The Hall–Kier alpha value is -0.650. The zero-order valence-electron chi connectivity index (χ0n) is 13.7. The number of hydrogen-bond donors (Lipinski definition) is 1. The van der Waals surface area contributed by atoms with Crippen LogP contribution in [0.15, 0.2) is 0 Å². The molecule has 5 nitrogen and oxygen atoms in total. The zero-order chi connectivity index (χ0) is 15.3. The number of carbonyl (C=O) groups excluding carboxylic acids is 1. The van der Waals surface area contributed by atoms with E-state index in [0.717, 1.165) is 58.5 Å². The zero-order valence-corrected chi connectivity index (χ0v) is 13.7. The smallest absolute Gasteiger partial charge is 0.327 e. The fourth-order valence-corrected chi connectivity index (χ4v) is 3.59. The van der Waals surface area contributed by atoms with Crippen molar-refractivity contribution < 1.29 is 14.3 Å². The molecule has 1 saturated heterocycles. The lowest BCUT2D eigenvalue weighted by Crippen LogP contribution is -2.62. The number of methoxy groups -OCH3 is 1. The molecule has 122 valence electrons. The number of piperidine rings is 1. The summed E-state index contributed by atoms with van der Waals surface area (Å²) in [6, 6.07) is 0. The highest BCUT2D eigenvalue weighted by atomic mass is 16.5. The number of carbonyl (C=O) groups is 1. The number of ether oxygens (including phenoxy) is 2. The summed E-state index contributed by atoms with van der Waals surface area (Å²) in [6.45, 7) is 8.34. The van der Waals surface area contributed by atoms with Gasteiger partial charge in [0.05, 0.1) is 13.2 Å². The Morgan fingerprint density at radius 3 is 2.67 bits per heavy atom. The van der Waals surface area contributed by atoms with Gasteiger partial charge in [0.2, 0.25) is 0 Å². The third-order valence-electron chi connectivity index (χ3n) is 4.65. The maximum atomic E-state index is 12.4. The van der Waals surface area contributed by atoms with E-state index in [1.807, 2.05) is 6.92 Å². The second-order valence-electron chi connectivity index (χ2n) is 6.22. The third kappa shape index (κ3) is 3.96. The summed E-state index contributed by atoms with van der Waals surface area (Å²) in [5.74, 6) is 0.308. The van der Waals surface area contributed by atoms with Gasteiger partial charge in [0.1, 0.15) is 5.54 Å². The molecule has 0 amide bonds. The summed E-state index contributed by atoms with van der Waals surface area (Å²) in [5, 5.41) is 3.45. The summed E-state index contributed by atoms with van der Waals surface area (Å²) in [6.07, 6.45) is 4.80. The number of likely N-dealkylation sites (N-methyl/N-ethyl adjacent to an activating group) is 1. The van der Waals surface area contributed by atoms with Crippen molar-refractivity contribution in [2.24, 2.45) is 5.92 Å². The van der Waals surface area contributed by atoms with E-state index >= 15 is 0 Å². The summed E-state index contributed by atoms with van der Waals surface area (Å²) >= 11 is 0. The number of likely N-dealkylation sites (tertiary alicyclic amines) is 1. The van der Waals surface area contributed by atoms with Crippen LogP contribution in [0.4, 0.5) is 0 Å². The molecular formula is C16H30N2O3. The van der Waals surface area contributed by atoms with Gasteiger partial charge in [0.25, 0.3) is 0 Å². The van der Waals surface area contributed by atoms with Gasteiger partial charge in [-0.15, -0.1) is 0 Å². The van der Waals surface area contributed by atoms with Gasteiger partial charge in [-0.1, -0.05) is 6.92 Å². The SMILES string of the molecule is CCNC(CN1CCCC(OCC)C1)(C(=O)OC)C1CC1. The molecule has 2 fully saturated rings. The van der Waals surface area contributed by atoms with E-state index in [2.05, 4.69) is 17.1 Å². The second-order valence-corrected chi connectivity index (χ2v) is 6.22. The van der Waals surface area contributed by atoms with Gasteiger partial charge in [-0.05, 0) is 51.6 Å². The van der Waals surface area contributed by atoms with E-state index < -0.39 is 5.54 Å². The molecule has 0 aromatic rings. The topological polar surface area (TPSA) is 50.8 Å². The van der Waals surface area contributed by atoms with E-state index in [4.69, 9.17) is 9.47 Å². The lowest BCUT2D eigenvalue weighted by Gasteiger charge is -2.40. The molecule has 0 aromatic heterocycles. The van der Waals surface area contributed by atoms with Crippen molar-refractivity contribution in [2.45, 2.75) is 51.2 Å². The standard InChI is InChI=1S/C16H30N2O3/c1-4-17-16(13-8-9-13,15(19)20-3)12-18-10-6-7-14(11-18)21-5-2/h13-14,17H,4-12H2,1-3H3. The fraction of sp³-hybridized carbons (Fsp3) is 0.938. The van der Waals surface area contributed by atoms with Gasteiger partial charge in [-0.3, -0.25) is 4.90 Å². The second kappa shape index (κ2) is 7.56. The molecule has 5 heteroatoms. The van der Waals surface area contributed by atoms with E-state index in [9.17, 15) is 4.79 Å². The Bertz CT molecular complexity index is 344. The Morgan fingerprint density at radius 2 is 2.10 bits per heavy atom. The molecule has 1 saturated carbocycles. The molecule has 0 aromatic carbocycles. The fourth-order valence-electron chi connectivity index (χ4n) is 3.59. The van der Waals surface area contributed by atoms with Gasteiger partial charge < -0.3 is 14.8 Å². The van der Waals surface area contributed by atoms with Crippen molar-refractivity contribution in [3.63, 3.8) is 0 Å². The first kappa shape index (κ1) is 16.7. The minimum atomic E-state index is -0.530. The first-order valence-electron chi connectivity index (χ1n) is 8.33. The molecule has 1 heterocycles. The minimum Gasteiger partial charge on any atom is -0.468 e. The van der Waals surface area contributed by atoms with Crippen molar-refractivity contribution >= 4 is 5.97 Å². The molecular weight excluding hydrogens is 268 g/mol. The highest BCUT2D eigenvalue weighted by Crippen LogP contribution is 2.41. The summed E-state index contributed by atoms with van der Waals surface area (Å²) in [5.41, 5.74) is -0.530. The van der Waals surface area contributed by atoms with Crippen LogP contribution in [0.2, 0.25) is 0 Å². The Labute approximate surface area is 128 Å². The van der Waals surface area contributed by atoms with E-state index in [1.54, 1.807) is 0 Å². The number of nitrogens with zero attached hydrogens (tertiary/aromatic N) is 1. The monoisotopic (exact) mass is 298 g/mol. The van der Waals surface area contributed by atoms with Gasteiger partial charge in [-0.25, -0.2) is 4.79 Å². The van der Waals surface area contributed by atoms with Gasteiger partial charge >= 0.3 is 5.97 Å². The van der Waals surface area contributed by atoms with Crippen molar-refractivity contribution in [1.82, 2.24) is 10.2 Å². The number of hydrogen-bond acceptors (Lipinski definition) is 5. The first-order chi connectivity index (χ1) is 10.2. The van der Waals surface area contributed by atoms with Crippen LogP contribution in [0.1, 0.15) is 39.5 Å². The molecule has 21 heavy (non-hydrogen) atoms. The Kier molecular flexibility index (Phi) is 6.02. The molecule has 1 aliphatic heterocycles. The van der Waals surface area contributed by atoms with E-state index in [0.29, 0.717) is 12.0 Å². The van der Waals surface area contributed by atoms with Gasteiger partial charge in [-0.2, -0.15) is 0 Å². The van der Waals surface area contributed by atoms with Crippen molar-refractivity contribution in [1.29, 1.82) is 0 Å². The van der Waals surface area contributed by atoms with Crippen molar-refractivity contribution in [3.05, 3.63) is 0 Å². The van der Waals surface area contributed by atoms with Crippen LogP contribution in [-0.4, -0.2) is 62.4 Å². The first-order valence-corrected chi connectivity index (χ1v) is 8.33. The van der Waals surface area contributed by atoms with Crippen LogP contribution in [0.25, 0.3) is 0 Å². The van der Waals surface area contributed by atoms with Crippen molar-refractivity contribution in [2.75, 3.05) is 39.9 Å². The normalized spacial score (nSPS) is 26.3. The molecule has 1 N–H and O–H groups in total. The third-order valence-corrected chi connectivity index (χ3v) is 4.65. The maximum Gasteiger partial charge on any atom is 0.327 e. The summed E-state index contributed by atoms with van der Waals surface area (Å²) in [4.78, 5) is 14.8. The van der Waals surface area contributed by atoms with Crippen LogP contribution < -0.4 is 5.32 Å². The largest absolute Gasteiger partial charge is 0.468 e. The summed E-state index contributed by atoms with van der Waals surface area (Å²) < 4.78 is 10.9. The average Bonchev–Trinajstić information content (AvgIpc) is 3.31. The molecule has 2 rings (SSSR count). The lowest BCUT2D eigenvalue weighted by molar-refractivity contribution is -0.151.